The van der Waals surface area contributed by atoms with Crippen LogP contribution in [0.25, 0.3) is 0 Å². The van der Waals surface area contributed by atoms with Crippen molar-refractivity contribution in [3.63, 3.8) is 0 Å². The minimum absolute atomic E-state index is 0.0221. The summed E-state index contributed by atoms with van der Waals surface area (Å²) in [6.45, 7) is 5.64. The second kappa shape index (κ2) is 9.11. The van der Waals surface area contributed by atoms with Gasteiger partial charge in [-0.2, -0.15) is 5.10 Å². The second-order valence-electron chi connectivity index (χ2n) is 9.75. The fourth-order valence-electron chi connectivity index (χ4n) is 5.39. The standard InChI is InChI=1S/C24H33N5O4/c1-15(2)13-28-23(31)17-5-3-4-6-18(17)29-21(26-27-24(28)29)9-10-22(30)25-12-16-7-8-19-20(11-16)33-14-32-19/h7-8,11,15,17-18,24,27H,3-6,9-10,12-14H2,1-2H3,(H,25,30). The summed E-state index contributed by atoms with van der Waals surface area (Å²) in [7, 11) is 0. The van der Waals surface area contributed by atoms with Gasteiger partial charge < -0.3 is 24.6 Å². The molecule has 3 aliphatic heterocycles. The SMILES string of the molecule is CC(C)CN1C(=O)C2CCCCC2N2C(CCC(=O)NCc3ccc4c(c3)OCO4)=NNC12. The molecule has 3 heterocycles. The largest absolute Gasteiger partial charge is 0.454 e. The average molecular weight is 456 g/mol. The van der Waals surface area contributed by atoms with Crippen molar-refractivity contribution in [2.24, 2.45) is 16.9 Å². The van der Waals surface area contributed by atoms with Crippen LogP contribution in [0.2, 0.25) is 0 Å². The van der Waals surface area contributed by atoms with E-state index in [1.807, 2.05) is 23.1 Å². The van der Waals surface area contributed by atoms with Crippen LogP contribution in [0.4, 0.5) is 0 Å². The van der Waals surface area contributed by atoms with Crippen LogP contribution in [0.1, 0.15) is 57.9 Å². The number of nitrogens with one attached hydrogen (secondary N) is 2. The van der Waals surface area contributed by atoms with E-state index in [0.717, 1.165) is 42.8 Å². The van der Waals surface area contributed by atoms with E-state index < -0.39 is 0 Å². The Morgan fingerprint density at radius 1 is 1.24 bits per heavy atom. The van der Waals surface area contributed by atoms with E-state index in [1.165, 1.54) is 0 Å². The Morgan fingerprint density at radius 2 is 2.06 bits per heavy atom. The van der Waals surface area contributed by atoms with Gasteiger partial charge in [0.1, 0.15) is 5.84 Å². The summed E-state index contributed by atoms with van der Waals surface area (Å²) >= 11 is 0. The third-order valence-corrected chi connectivity index (χ3v) is 6.92. The van der Waals surface area contributed by atoms with Gasteiger partial charge in [-0.25, -0.2) is 0 Å². The number of amidine groups is 1. The molecule has 1 aromatic carbocycles. The van der Waals surface area contributed by atoms with Crippen molar-refractivity contribution in [3.8, 4) is 11.5 Å². The molecule has 178 valence electrons. The molecule has 33 heavy (non-hydrogen) atoms. The van der Waals surface area contributed by atoms with Crippen molar-refractivity contribution in [2.45, 2.75) is 71.2 Å². The quantitative estimate of drug-likeness (QED) is 0.656. The number of carbonyl (C=O) groups excluding carboxylic acids is 2. The molecule has 9 heteroatoms. The number of carbonyl (C=O) groups is 2. The molecule has 0 radical (unpaired) electrons. The number of ether oxygens (including phenoxy) is 2. The zero-order chi connectivity index (χ0) is 22.9. The number of hydrogen-bond acceptors (Lipinski definition) is 7. The molecular weight excluding hydrogens is 422 g/mol. The van der Waals surface area contributed by atoms with E-state index in [1.54, 1.807) is 0 Å². The maximum absolute atomic E-state index is 13.2. The minimum atomic E-state index is -0.231. The molecule has 3 unspecified atom stereocenters. The molecule has 4 aliphatic rings. The van der Waals surface area contributed by atoms with E-state index in [0.29, 0.717) is 37.6 Å². The highest BCUT2D eigenvalue weighted by Gasteiger charge is 2.50. The first-order valence-electron chi connectivity index (χ1n) is 12.1. The van der Waals surface area contributed by atoms with Gasteiger partial charge in [0.2, 0.25) is 18.6 Å². The first-order chi connectivity index (χ1) is 16.0. The minimum Gasteiger partial charge on any atom is -0.454 e. The monoisotopic (exact) mass is 455 g/mol. The van der Waals surface area contributed by atoms with Gasteiger partial charge in [-0.3, -0.25) is 15.0 Å². The van der Waals surface area contributed by atoms with Crippen molar-refractivity contribution >= 4 is 17.6 Å². The zero-order valence-corrected chi connectivity index (χ0v) is 19.4. The summed E-state index contributed by atoms with van der Waals surface area (Å²) in [5, 5.41) is 7.57. The first kappa shape index (κ1) is 21.9. The Kier molecular flexibility index (Phi) is 6.03. The molecule has 0 bridgehead atoms. The predicted molar refractivity (Wildman–Crippen MR) is 122 cm³/mol. The molecule has 2 amide bonds. The van der Waals surface area contributed by atoms with Crippen LogP contribution in [0.3, 0.4) is 0 Å². The fourth-order valence-corrected chi connectivity index (χ4v) is 5.39. The third kappa shape index (κ3) is 4.32. The van der Waals surface area contributed by atoms with Gasteiger partial charge in [0.05, 0.1) is 5.92 Å². The lowest BCUT2D eigenvalue weighted by Gasteiger charge is -2.51. The molecule has 1 aromatic rings. The van der Waals surface area contributed by atoms with Crippen molar-refractivity contribution in [3.05, 3.63) is 23.8 Å². The van der Waals surface area contributed by atoms with Gasteiger partial charge in [-0.05, 0) is 36.5 Å². The molecule has 0 aromatic heterocycles. The Hall–Kier alpha value is -2.97. The second-order valence-corrected chi connectivity index (χ2v) is 9.75. The number of hydrogen-bond donors (Lipinski definition) is 2. The van der Waals surface area contributed by atoms with Crippen molar-refractivity contribution in [2.75, 3.05) is 13.3 Å². The maximum atomic E-state index is 13.2. The molecule has 0 spiro atoms. The molecular formula is C24H33N5O4. The smallest absolute Gasteiger partial charge is 0.231 e. The lowest BCUT2D eigenvalue weighted by atomic mass is 9.80. The summed E-state index contributed by atoms with van der Waals surface area (Å²) in [5.74, 6) is 2.97. The number of rotatable bonds is 7. The number of benzene rings is 1. The zero-order valence-electron chi connectivity index (χ0n) is 19.4. The average Bonchev–Trinajstić information content (AvgIpc) is 3.45. The van der Waals surface area contributed by atoms with Crippen molar-refractivity contribution in [1.29, 1.82) is 0 Å². The molecule has 1 aliphatic carbocycles. The molecule has 2 N–H and O–H groups in total. The Balaban J connectivity index is 1.20. The lowest BCUT2D eigenvalue weighted by Crippen LogP contribution is -2.67. The summed E-state index contributed by atoms with van der Waals surface area (Å²) in [4.78, 5) is 30.1. The Labute approximate surface area is 194 Å². The summed E-state index contributed by atoms with van der Waals surface area (Å²) in [6, 6.07) is 5.87. The fraction of sp³-hybridized carbons (Fsp3) is 0.625. The third-order valence-electron chi connectivity index (χ3n) is 6.92. The molecule has 3 atom stereocenters. The lowest BCUT2D eigenvalue weighted by molar-refractivity contribution is -0.156. The van der Waals surface area contributed by atoms with Crippen LogP contribution < -0.4 is 20.2 Å². The normalized spacial score (nSPS) is 25.5. The number of hydrazone groups is 1. The number of nitrogens with zero attached hydrogens (tertiary/aromatic N) is 3. The van der Waals surface area contributed by atoms with E-state index in [9.17, 15) is 9.59 Å². The molecule has 9 nitrogen and oxygen atoms in total. The molecule has 1 saturated carbocycles. The topological polar surface area (TPSA) is 95.5 Å². The van der Waals surface area contributed by atoms with Gasteiger partial charge in [0.25, 0.3) is 0 Å². The molecule has 1 saturated heterocycles. The van der Waals surface area contributed by atoms with E-state index >= 15 is 0 Å². The Morgan fingerprint density at radius 3 is 2.91 bits per heavy atom. The van der Waals surface area contributed by atoms with Gasteiger partial charge in [0, 0.05) is 32.0 Å². The highest BCUT2D eigenvalue weighted by Crippen LogP contribution is 2.38. The van der Waals surface area contributed by atoms with Crippen LogP contribution in [0.5, 0.6) is 11.5 Å². The van der Waals surface area contributed by atoms with Crippen LogP contribution in [-0.2, 0) is 16.1 Å². The summed E-state index contributed by atoms with van der Waals surface area (Å²) in [5.41, 5.74) is 4.16. The highest BCUT2D eigenvalue weighted by atomic mass is 16.7. The molecule has 5 rings (SSSR count). The van der Waals surface area contributed by atoms with E-state index in [4.69, 9.17) is 9.47 Å². The maximum Gasteiger partial charge on any atom is 0.231 e. The van der Waals surface area contributed by atoms with Gasteiger partial charge >= 0.3 is 0 Å². The highest BCUT2D eigenvalue weighted by molar-refractivity contribution is 5.91. The molecule has 2 fully saturated rings. The van der Waals surface area contributed by atoms with Gasteiger partial charge in [0.15, 0.2) is 17.8 Å². The predicted octanol–water partition coefficient (Wildman–Crippen LogP) is 2.37. The summed E-state index contributed by atoms with van der Waals surface area (Å²) < 4.78 is 10.7. The van der Waals surface area contributed by atoms with Crippen LogP contribution >= 0.6 is 0 Å². The Bertz CT molecular complexity index is 949. The van der Waals surface area contributed by atoms with Crippen LogP contribution in [0.15, 0.2) is 23.3 Å². The van der Waals surface area contributed by atoms with Gasteiger partial charge in [-0.1, -0.05) is 32.8 Å². The number of amides is 2. The van der Waals surface area contributed by atoms with Crippen LogP contribution in [-0.4, -0.2) is 53.1 Å². The number of fused-ring (bicyclic) bond motifs is 4. The van der Waals surface area contributed by atoms with Crippen molar-refractivity contribution < 1.29 is 19.1 Å². The van der Waals surface area contributed by atoms with Crippen molar-refractivity contribution in [1.82, 2.24) is 20.5 Å². The van der Waals surface area contributed by atoms with Crippen LogP contribution in [0, 0.1) is 11.8 Å². The first-order valence-corrected chi connectivity index (χ1v) is 12.1. The van der Waals surface area contributed by atoms with E-state index in [-0.39, 0.29) is 36.9 Å². The van der Waals surface area contributed by atoms with Gasteiger partial charge in [-0.15, -0.1) is 0 Å². The summed E-state index contributed by atoms with van der Waals surface area (Å²) in [6.07, 6.45) is 4.83. The van der Waals surface area contributed by atoms with E-state index in [2.05, 4.69) is 34.6 Å².